The molecule has 1 radical (unpaired) electrons. The maximum absolute atomic E-state index is 12.4. The average molecular weight is 116 g/mol. The maximum atomic E-state index is 12.4. The van der Waals surface area contributed by atoms with Crippen molar-refractivity contribution < 1.29 is 4.39 Å². The Bertz CT molecular complexity index is 66.9. The van der Waals surface area contributed by atoms with E-state index >= 15 is 0 Å². The Hall–Kier alpha value is -0.110. The van der Waals surface area contributed by atoms with Gasteiger partial charge in [-0.2, -0.15) is 0 Å². The molecule has 1 fully saturated rings. The van der Waals surface area contributed by atoms with Crippen LogP contribution in [0, 0.1) is 6.42 Å². The van der Waals surface area contributed by atoms with Crippen molar-refractivity contribution in [1.29, 1.82) is 0 Å². The lowest BCUT2D eigenvalue weighted by Crippen LogP contribution is -2.33. The Labute approximate surface area is 49.5 Å². The van der Waals surface area contributed by atoms with E-state index in [0.717, 1.165) is 6.54 Å². The second-order valence-corrected chi connectivity index (χ2v) is 2.34. The van der Waals surface area contributed by atoms with Crippen LogP contribution in [0.25, 0.3) is 0 Å². The van der Waals surface area contributed by atoms with Gasteiger partial charge in [-0.25, -0.2) is 4.39 Å². The standard InChI is InChI=1S/C6H11FN/c1-8-4-2-3-6(7)5-8/h2,6H,3-5H2,1H3. The van der Waals surface area contributed by atoms with E-state index in [-0.39, 0.29) is 0 Å². The smallest absolute Gasteiger partial charge is 0.113 e. The van der Waals surface area contributed by atoms with E-state index in [0.29, 0.717) is 13.0 Å². The van der Waals surface area contributed by atoms with Crippen LogP contribution in [-0.4, -0.2) is 31.2 Å². The summed E-state index contributed by atoms with van der Waals surface area (Å²) in [6.45, 7) is 1.55. The minimum Gasteiger partial charge on any atom is -0.303 e. The molecular formula is C6H11FN. The topological polar surface area (TPSA) is 3.24 Å². The van der Waals surface area contributed by atoms with Gasteiger partial charge in [0.15, 0.2) is 0 Å². The third kappa shape index (κ3) is 1.44. The number of piperidine rings is 1. The van der Waals surface area contributed by atoms with Crippen molar-refractivity contribution in [3.8, 4) is 0 Å². The van der Waals surface area contributed by atoms with Gasteiger partial charge in [-0.05, 0) is 19.9 Å². The molecule has 8 heavy (non-hydrogen) atoms. The summed E-state index contributed by atoms with van der Waals surface area (Å²) >= 11 is 0. The molecule has 2 heteroatoms. The van der Waals surface area contributed by atoms with E-state index < -0.39 is 6.17 Å². The van der Waals surface area contributed by atoms with Gasteiger partial charge in [0.05, 0.1) is 0 Å². The molecule has 0 aromatic heterocycles. The molecule has 0 bridgehead atoms. The monoisotopic (exact) mass is 116 g/mol. The summed E-state index contributed by atoms with van der Waals surface area (Å²) in [5.41, 5.74) is 0. The third-order valence-corrected chi connectivity index (χ3v) is 1.37. The molecule has 0 spiro atoms. The number of alkyl halides is 1. The summed E-state index contributed by atoms with van der Waals surface area (Å²) in [6.07, 6.45) is 2.01. The Balaban J connectivity index is 2.23. The van der Waals surface area contributed by atoms with Crippen LogP contribution in [0.1, 0.15) is 6.42 Å². The molecular weight excluding hydrogens is 105 g/mol. The second-order valence-electron chi connectivity index (χ2n) is 2.34. The van der Waals surface area contributed by atoms with Gasteiger partial charge in [0.2, 0.25) is 0 Å². The number of hydrogen-bond donors (Lipinski definition) is 0. The molecule has 1 heterocycles. The maximum Gasteiger partial charge on any atom is 0.113 e. The zero-order valence-corrected chi connectivity index (χ0v) is 5.10. The Kier molecular flexibility index (Phi) is 1.84. The third-order valence-electron chi connectivity index (χ3n) is 1.37. The molecule has 1 aliphatic rings. The molecule has 0 saturated carbocycles. The highest BCUT2D eigenvalue weighted by Crippen LogP contribution is 2.08. The Morgan fingerprint density at radius 2 is 2.50 bits per heavy atom. The highest BCUT2D eigenvalue weighted by Gasteiger charge is 2.14. The molecule has 1 aliphatic heterocycles. The first-order chi connectivity index (χ1) is 3.79. The quantitative estimate of drug-likeness (QED) is 0.454. The minimum absolute atomic E-state index is 0.608. The predicted molar refractivity (Wildman–Crippen MR) is 31.3 cm³/mol. The van der Waals surface area contributed by atoms with Gasteiger partial charge in [-0.1, -0.05) is 0 Å². The first-order valence-corrected chi connectivity index (χ1v) is 2.93. The number of halogens is 1. The van der Waals surface area contributed by atoms with Crippen LogP contribution in [0.5, 0.6) is 0 Å². The summed E-state index contributed by atoms with van der Waals surface area (Å²) < 4.78 is 12.4. The van der Waals surface area contributed by atoms with Gasteiger partial charge in [0.25, 0.3) is 0 Å². The van der Waals surface area contributed by atoms with Crippen molar-refractivity contribution in [3.05, 3.63) is 6.42 Å². The fourth-order valence-corrected chi connectivity index (χ4v) is 0.963. The van der Waals surface area contributed by atoms with Crippen LogP contribution in [0.4, 0.5) is 4.39 Å². The number of likely N-dealkylation sites (tertiary alicyclic amines) is 1. The number of hydrogen-bond acceptors (Lipinski definition) is 1. The van der Waals surface area contributed by atoms with E-state index in [1.54, 1.807) is 0 Å². The molecule has 0 aromatic rings. The van der Waals surface area contributed by atoms with Crippen molar-refractivity contribution >= 4 is 0 Å². The lowest BCUT2D eigenvalue weighted by atomic mass is 10.1. The minimum atomic E-state index is -0.617. The summed E-state index contributed by atoms with van der Waals surface area (Å²) in [5.74, 6) is 0. The molecule has 0 aromatic carbocycles. The van der Waals surface area contributed by atoms with Gasteiger partial charge in [-0.3, -0.25) is 0 Å². The summed E-state index contributed by atoms with van der Waals surface area (Å²) in [5, 5.41) is 0. The molecule has 1 unspecified atom stereocenters. The van der Waals surface area contributed by atoms with Crippen molar-refractivity contribution in [2.75, 3.05) is 20.1 Å². The molecule has 1 nitrogen and oxygen atoms in total. The van der Waals surface area contributed by atoms with E-state index in [9.17, 15) is 4.39 Å². The molecule has 0 aliphatic carbocycles. The SMILES string of the molecule is CN1C[CH]CC(F)C1. The van der Waals surface area contributed by atoms with E-state index in [4.69, 9.17) is 0 Å². The van der Waals surface area contributed by atoms with Gasteiger partial charge in [-0.15, -0.1) is 0 Å². The van der Waals surface area contributed by atoms with Crippen LogP contribution in [0.3, 0.4) is 0 Å². The number of rotatable bonds is 0. The van der Waals surface area contributed by atoms with Crippen LogP contribution < -0.4 is 0 Å². The molecule has 1 rings (SSSR count). The summed E-state index contributed by atoms with van der Waals surface area (Å²) in [7, 11) is 1.93. The highest BCUT2D eigenvalue weighted by molar-refractivity contribution is 4.81. The zero-order valence-electron chi connectivity index (χ0n) is 5.10. The molecule has 0 N–H and O–H groups in total. The van der Waals surface area contributed by atoms with Crippen LogP contribution >= 0.6 is 0 Å². The van der Waals surface area contributed by atoms with Crippen molar-refractivity contribution in [2.45, 2.75) is 12.6 Å². The van der Waals surface area contributed by atoms with Crippen molar-refractivity contribution in [3.63, 3.8) is 0 Å². The highest BCUT2D eigenvalue weighted by atomic mass is 19.1. The van der Waals surface area contributed by atoms with Crippen molar-refractivity contribution in [1.82, 2.24) is 4.90 Å². The van der Waals surface area contributed by atoms with Crippen molar-refractivity contribution in [2.24, 2.45) is 0 Å². The Morgan fingerprint density at radius 1 is 1.75 bits per heavy atom. The normalized spacial score (nSPS) is 33.0. The van der Waals surface area contributed by atoms with Gasteiger partial charge >= 0.3 is 0 Å². The predicted octanol–water partition coefficient (Wildman–Crippen LogP) is 0.864. The van der Waals surface area contributed by atoms with E-state index in [2.05, 4.69) is 0 Å². The molecule has 1 saturated heterocycles. The first-order valence-electron chi connectivity index (χ1n) is 2.93. The van der Waals surface area contributed by atoms with Gasteiger partial charge in [0.1, 0.15) is 6.17 Å². The zero-order chi connectivity index (χ0) is 5.98. The lowest BCUT2D eigenvalue weighted by Gasteiger charge is -2.23. The first kappa shape index (κ1) is 6.02. The van der Waals surface area contributed by atoms with Gasteiger partial charge < -0.3 is 4.90 Å². The number of nitrogens with zero attached hydrogens (tertiary/aromatic N) is 1. The molecule has 1 atom stereocenters. The van der Waals surface area contributed by atoms with Crippen LogP contribution in [0.2, 0.25) is 0 Å². The fraction of sp³-hybridized carbons (Fsp3) is 0.833. The molecule has 0 amide bonds. The lowest BCUT2D eigenvalue weighted by molar-refractivity contribution is 0.194. The van der Waals surface area contributed by atoms with E-state index in [1.165, 1.54) is 0 Å². The summed E-state index contributed by atoms with van der Waals surface area (Å²) in [6, 6.07) is 0. The average Bonchev–Trinajstić information content (AvgIpc) is 1.64. The van der Waals surface area contributed by atoms with Crippen LogP contribution in [-0.2, 0) is 0 Å². The van der Waals surface area contributed by atoms with Crippen LogP contribution in [0.15, 0.2) is 0 Å². The van der Waals surface area contributed by atoms with Gasteiger partial charge in [0, 0.05) is 13.1 Å². The fourth-order valence-electron chi connectivity index (χ4n) is 0.963. The summed E-state index contributed by atoms with van der Waals surface area (Å²) in [4.78, 5) is 1.98. The Morgan fingerprint density at radius 3 is 2.88 bits per heavy atom. The molecule has 47 valence electrons. The second kappa shape index (κ2) is 2.44. The van der Waals surface area contributed by atoms with E-state index in [1.807, 2.05) is 18.4 Å². The largest absolute Gasteiger partial charge is 0.303 e.